The van der Waals surface area contributed by atoms with Crippen molar-refractivity contribution in [1.82, 2.24) is 15.5 Å². The van der Waals surface area contributed by atoms with E-state index in [0.717, 1.165) is 0 Å². The Morgan fingerprint density at radius 3 is 2.95 bits per heavy atom. The molecule has 2 N–H and O–H groups in total. The van der Waals surface area contributed by atoms with E-state index in [1.54, 1.807) is 25.1 Å². The summed E-state index contributed by atoms with van der Waals surface area (Å²) in [6.07, 6.45) is 0. The Balaban J connectivity index is 1.88. The predicted molar refractivity (Wildman–Crippen MR) is 74.0 cm³/mol. The van der Waals surface area contributed by atoms with Crippen molar-refractivity contribution < 1.29 is 9.32 Å². The molecule has 0 bridgehead atoms. The van der Waals surface area contributed by atoms with E-state index in [9.17, 15) is 4.79 Å². The number of aromatic nitrogens is 2. The van der Waals surface area contributed by atoms with E-state index in [0.29, 0.717) is 26.9 Å². The third-order valence-corrected chi connectivity index (χ3v) is 3.37. The number of carbonyl (C=O) groups is 1. The van der Waals surface area contributed by atoms with Crippen LogP contribution in [0.25, 0.3) is 0 Å². The Kier molecular flexibility index (Phi) is 4.39. The van der Waals surface area contributed by atoms with Gasteiger partial charge in [0.05, 0.1) is 11.6 Å². The molecule has 0 radical (unpaired) electrons. The standard InChI is InChI=1S/C11H10BrClN4O2/c1-6-15-10(17-19-6)5-14-11(18)16-7-2-3-9(13)8(12)4-7/h2-4H,5H2,1H3,(H2,14,16,18). The molecule has 0 aliphatic heterocycles. The van der Waals surface area contributed by atoms with Gasteiger partial charge in [0.1, 0.15) is 0 Å². The average Bonchev–Trinajstić information content (AvgIpc) is 2.77. The molecule has 1 aromatic heterocycles. The number of rotatable bonds is 3. The van der Waals surface area contributed by atoms with Gasteiger partial charge in [-0.05, 0) is 34.1 Å². The van der Waals surface area contributed by atoms with Crippen molar-refractivity contribution in [3.8, 4) is 0 Å². The minimum absolute atomic E-state index is 0.192. The van der Waals surface area contributed by atoms with Crippen LogP contribution in [-0.2, 0) is 6.54 Å². The van der Waals surface area contributed by atoms with Gasteiger partial charge in [0, 0.05) is 17.1 Å². The van der Waals surface area contributed by atoms with Crippen LogP contribution < -0.4 is 10.6 Å². The molecule has 100 valence electrons. The normalized spacial score (nSPS) is 10.3. The van der Waals surface area contributed by atoms with Crippen LogP contribution in [0.2, 0.25) is 5.02 Å². The summed E-state index contributed by atoms with van der Waals surface area (Å²) >= 11 is 9.14. The van der Waals surface area contributed by atoms with Gasteiger partial charge in [-0.25, -0.2) is 4.79 Å². The number of anilines is 1. The fraction of sp³-hybridized carbons (Fsp3) is 0.182. The van der Waals surface area contributed by atoms with Crippen LogP contribution in [0, 0.1) is 6.92 Å². The summed E-state index contributed by atoms with van der Waals surface area (Å²) in [6.45, 7) is 1.87. The average molecular weight is 346 g/mol. The second-order valence-corrected chi connectivity index (χ2v) is 4.93. The van der Waals surface area contributed by atoms with E-state index in [4.69, 9.17) is 16.1 Å². The lowest BCUT2D eigenvalue weighted by Gasteiger charge is -2.06. The number of benzene rings is 1. The number of hydrogen-bond donors (Lipinski definition) is 2. The summed E-state index contributed by atoms with van der Waals surface area (Å²) in [4.78, 5) is 15.6. The molecule has 2 rings (SSSR count). The van der Waals surface area contributed by atoms with E-state index in [1.807, 2.05) is 0 Å². The van der Waals surface area contributed by atoms with E-state index in [1.165, 1.54) is 0 Å². The second-order valence-electron chi connectivity index (χ2n) is 3.67. The number of nitrogens with one attached hydrogen (secondary N) is 2. The summed E-state index contributed by atoms with van der Waals surface area (Å²) in [6, 6.07) is 4.73. The first kappa shape index (κ1) is 13.8. The molecule has 8 heteroatoms. The third-order valence-electron chi connectivity index (χ3n) is 2.15. The van der Waals surface area contributed by atoms with Gasteiger partial charge in [0.15, 0.2) is 5.82 Å². The van der Waals surface area contributed by atoms with Crippen LogP contribution in [0.4, 0.5) is 10.5 Å². The number of carbonyl (C=O) groups excluding carboxylic acids is 1. The molecule has 0 atom stereocenters. The highest BCUT2D eigenvalue weighted by Gasteiger charge is 2.06. The van der Waals surface area contributed by atoms with Crippen molar-refractivity contribution in [3.05, 3.63) is 39.4 Å². The molecule has 1 heterocycles. The number of amides is 2. The number of urea groups is 1. The molecule has 6 nitrogen and oxygen atoms in total. The van der Waals surface area contributed by atoms with E-state index in [2.05, 4.69) is 36.7 Å². The number of hydrogen-bond acceptors (Lipinski definition) is 4. The maximum atomic E-state index is 11.6. The van der Waals surface area contributed by atoms with Crippen molar-refractivity contribution in [2.24, 2.45) is 0 Å². The molecule has 0 aliphatic rings. The zero-order valence-electron chi connectivity index (χ0n) is 9.91. The Labute approximate surface area is 122 Å². The van der Waals surface area contributed by atoms with Crippen LogP contribution in [0.3, 0.4) is 0 Å². The Morgan fingerprint density at radius 1 is 1.53 bits per heavy atom. The molecule has 1 aromatic carbocycles. The maximum absolute atomic E-state index is 11.6. The molecule has 0 spiro atoms. The van der Waals surface area contributed by atoms with Crippen LogP contribution >= 0.6 is 27.5 Å². The van der Waals surface area contributed by atoms with Crippen molar-refractivity contribution in [2.75, 3.05) is 5.32 Å². The lowest BCUT2D eigenvalue weighted by atomic mass is 10.3. The third kappa shape index (κ3) is 3.93. The molecule has 0 aliphatic carbocycles. The second kappa shape index (κ2) is 6.03. The summed E-state index contributed by atoms with van der Waals surface area (Å²) < 4.78 is 5.50. The lowest BCUT2D eigenvalue weighted by molar-refractivity contribution is 0.251. The van der Waals surface area contributed by atoms with E-state index in [-0.39, 0.29) is 12.6 Å². The van der Waals surface area contributed by atoms with Crippen LogP contribution in [-0.4, -0.2) is 16.2 Å². The predicted octanol–water partition coefficient (Wildman–Crippen LogP) is 3.12. The van der Waals surface area contributed by atoms with Gasteiger partial charge >= 0.3 is 6.03 Å². The van der Waals surface area contributed by atoms with Gasteiger partial charge in [-0.15, -0.1) is 0 Å². The molecule has 19 heavy (non-hydrogen) atoms. The van der Waals surface area contributed by atoms with E-state index < -0.39 is 0 Å². The molecule has 0 unspecified atom stereocenters. The summed E-state index contributed by atoms with van der Waals surface area (Å²) in [7, 11) is 0. The number of nitrogens with zero attached hydrogens (tertiary/aromatic N) is 2. The zero-order valence-corrected chi connectivity index (χ0v) is 12.2. The van der Waals surface area contributed by atoms with Gasteiger partial charge in [0.2, 0.25) is 5.89 Å². The van der Waals surface area contributed by atoms with Crippen molar-refractivity contribution in [2.45, 2.75) is 13.5 Å². The van der Waals surface area contributed by atoms with Crippen LogP contribution in [0.15, 0.2) is 27.2 Å². The van der Waals surface area contributed by atoms with Gasteiger partial charge in [-0.1, -0.05) is 16.8 Å². The van der Waals surface area contributed by atoms with Crippen molar-refractivity contribution in [3.63, 3.8) is 0 Å². The lowest BCUT2D eigenvalue weighted by Crippen LogP contribution is -2.28. The highest BCUT2D eigenvalue weighted by atomic mass is 79.9. The fourth-order valence-corrected chi connectivity index (χ4v) is 1.82. The van der Waals surface area contributed by atoms with Crippen molar-refractivity contribution >= 4 is 39.2 Å². The Hall–Kier alpha value is -1.60. The summed E-state index contributed by atoms with van der Waals surface area (Å²) in [5.74, 6) is 0.878. The van der Waals surface area contributed by atoms with Gasteiger partial charge in [-0.2, -0.15) is 4.98 Å². The molecular formula is C11H10BrClN4O2. The minimum Gasteiger partial charge on any atom is -0.340 e. The highest BCUT2D eigenvalue weighted by molar-refractivity contribution is 9.10. The number of halogens is 2. The molecule has 2 amide bonds. The van der Waals surface area contributed by atoms with Crippen LogP contribution in [0.5, 0.6) is 0 Å². The van der Waals surface area contributed by atoms with Crippen LogP contribution in [0.1, 0.15) is 11.7 Å². The van der Waals surface area contributed by atoms with E-state index >= 15 is 0 Å². The molecule has 0 saturated heterocycles. The fourth-order valence-electron chi connectivity index (χ4n) is 1.32. The molecular weight excluding hydrogens is 336 g/mol. The Bertz CT molecular complexity index is 602. The first-order valence-electron chi connectivity index (χ1n) is 5.33. The highest BCUT2D eigenvalue weighted by Crippen LogP contribution is 2.25. The van der Waals surface area contributed by atoms with Gasteiger partial charge in [-0.3, -0.25) is 0 Å². The topological polar surface area (TPSA) is 80.0 Å². The molecule has 0 saturated carbocycles. The minimum atomic E-state index is -0.364. The summed E-state index contributed by atoms with van der Waals surface area (Å²) in [5, 5.41) is 9.52. The van der Waals surface area contributed by atoms with Gasteiger partial charge in [0.25, 0.3) is 0 Å². The number of aryl methyl sites for hydroxylation is 1. The molecule has 0 fully saturated rings. The quantitative estimate of drug-likeness (QED) is 0.895. The molecule has 2 aromatic rings. The zero-order chi connectivity index (χ0) is 13.8. The van der Waals surface area contributed by atoms with Crippen molar-refractivity contribution in [1.29, 1.82) is 0 Å². The maximum Gasteiger partial charge on any atom is 0.319 e. The summed E-state index contributed by atoms with van der Waals surface area (Å²) in [5.41, 5.74) is 0.623. The smallest absolute Gasteiger partial charge is 0.319 e. The Morgan fingerprint density at radius 2 is 2.32 bits per heavy atom. The SMILES string of the molecule is Cc1nc(CNC(=O)Nc2ccc(Cl)c(Br)c2)no1. The first-order chi connectivity index (χ1) is 9.04. The first-order valence-corrected chi connectivity index (χ1v) is 6.51. The largest absolute Gasteiger partial charge is 0.340 e. The van der Waals surface area contributed by atoms with Gasteiger partial charge < -0.3 is 15.2 Å². The monoisotopic (exact) mass is 344 g/mol.